The van der Waals surface area contributed by atoms with Gasteiger partial charge in [-0.3, -0.25) is 4.79 Å². The van der Waals surface area contributed by atoms with E-state index < -0.39 is 10.0 Å². The maximum Gasteiger partial charge on any atom is 0.309 e. The largest absolute Gasteiger partial charge is 0.490 e. The highest BCUT2D eigenvalue weighted by Gasteiger charge is 2.32. The molecule has 0 unspecified atom stereocenters. The second-order valence-electron chi connectivity index (χ2n) is 8.05. The molecule has 7 nitrogen and oxygen atoms in total. The van der Waals surface area contributed by atoms with Gasteiger partial charge in [-0.2, -0.15) is 9.57 Å². The Balaban J connectivity index is 1.44. The number of carbonyl (C=O) groups is 1. The van der Waals surface area contributed by atoms with Crippen molar-refractivity contribution in [3.05, 3.63) is 59.7 Å². The smallest absolute Gasteiger partial charge is 0.309 e. The Bertz CT molecular complexity index is 1050. The highest BCUT2D eigenvalue weighted by Crippen LogP contribution is 2.26. The summed E-state index contributed by atoms with van der Waals surface area (Å²) in [5.74, 6) is 0.287. The molecule has 0 atom stereocenters. The number of benzene rings is 2. The van der Waals surface area contributed by atoms with Crippen molar-refractivity contribution in [2.75, 3.05) is 26.3 Å². The molecular weight excluding hydrogens is 428 g/mol. The molecule has 0 bridgehead atoms. The van der Waals surface area contributed by atoms with Gasteiger partial charge in [0.1, 0.15) is 19.0 Å². The molecule has 0 aromatic heterocycles. The van der Waals surface area contributed by atoms with Crippen molar-refractivity contribution in [2.45, 2.75) is 37.5 Å². The third-order valence-corrected chi connectivity index (χ3v) is 7.46. The van der Waals surface area contributed by atoms with Crippen LogP contribution in [0.5, 0.6) is 5.75 Å². The molecule has 170 valence electrons. The van der Waals surface area contributed by atoms with Crippen molar-refractivity contribution in [3.63, 3.8) is 0 Å². The van der Waals surface area contributed by atoms with E-state index in [0.717, 1.165) is 5.56 Å². The van der Waals surface area contributed by atoms with Crippen LogP contribution >= 0.6 is 0 Å². The molecule has 0 spiro atoms. The lowest BCUT2D eigenvalue weighted by Crippen LogP contribution is -2.40. The van der Waals surface area contributed by atoms with Gasteiger partial charge < -0.3 is 9.47 Å². The van der Waals surface area contributed by atoms with E-state index in [0.29, 0.717) is 30.1 Å². The normalized spacial score (nSPS) is 15.3. The molecular formula is C24H28N2O5S. The van der Waals surface area contributed by atoms with Crippen LogP contribution in [0.1, 0.15) is 43.7 Å². The zero-order valence-corrected chi connectivity index (χ0v) is 19.2. The van der Waals surface area contributed by atoms with Crippen LogP contribution in [0.4, 0.5) is 0 Å². The van der Waals surface area contributed by atoms with E-state index in [9.17, 15) is 13.2 Å². The first-order valence-electron chi connectivity index (χ1n) is 10.7. The quantitative estimate of drug-likeness (QED) is 0.444. The number of esters is 1. The van der Waals surface area contributed by atoms with E-state index in [-0.39, 0.29) is 43.1 Å². The number of ether oxygens (including phenoxy) is 2. The number of piperidine rings is 1. The van der Waals surface area contributed by atoms with Gasteiger partial charge in [0.05, 0.1) is 22.4 Å². The fourth-order valence-electron chi connectivity index (χ4n) is 3.55. The third kappa shape index (κ3) is 5.87. The molecule has 8 heteroatoms. The van der Waals surface area contributed by atoms with E-state index >= 15 is 0 Å². The van der Waals surface area contributed by atoms with Crippen LogP contribution in [0.3, 0.4) is 0 Å². The van der Waals surface area contributed by atoms with Gasteiger partial charge in [-0.25, -0.2) is 8.42 Å². The van der Waals surface area contributed by atoms with Crippen molar-refractivity contribution in [1.82, 2.24) is 4.31 Å². The van der Waals surface area contributed by atoms with Crippen molar-refractivity contribution >= 4 is 16.0 Å². The van der Waals surface area contributed by atoms with Crippen molar-refractivity contribution < 1.29 is 22.7 Å². The molecule has 2 aromatic carbocycles. The Morgan fingerprint density at radius 1 is 1.06 bits per heavy atom. The molecule has 0 amide bonds. The maximum absolute atomic E-state index is 12.9. The average molecular weight is 457 g/mol. The number of hydrogen-bond acceptors (Lipinski definition) is 6. The second-order valence-corrected chi connectivity index (χ2v) is 9.99. The van der Waals surface area contributed by atoms with Gasteiger partial charge in [-0.05, 0) is 60.7 Å². The summed E-state index contributed by atoms with van der Waals surface area (Å²) >= 11 is 0. The molecule has 1 fully saturated rings. The van der Waals surface area contributed by atoms with Crippen molar-refractivity contribution in [3.8, 4) is 11.8 Å². The maximum atomic E-state index is 12.9. The van der Waals surface area contributed by atoms with Crippen molar-refractivity contribution in [2.24, 2.45) is 5.92 Å². The highest BCUT2D eigenvalue weighted by molar-refractivity contribution is 7.89. The van der Waals surface area contributed by atoms with Gasteiger partial charge in [0.25, 0.3) is 0 Å². The lowest BCUT2D eigenvalue weighted by atomic mass is 9.98. The zero-order chi connectivity index (χ0) is 23.1. The highest BCUT2D eigenvalue weighted by atomic mass is 32.2. The molecule has 2 aromatic rings. The fraction of sp³-hybridized carbons (Fsp3) is 0.417. The van der Waals surface area contributed by atoms with Gasteiger partial charge in [0.15, 0.2) is 0 Å². The molecule has 32 heavy (non-hydrogen) atoms. The van der Waals surface area contributed by atoms with E-state index in [2.05, 4.69) is 13.8 Å². The lowest BCUT2D eigenvalue weighted by molar-refractivity contribution is -0.150. The number of rotatable bonds is 8. The second kappa shape index (κ2) is 10.6. The topological polar surface area (TPSA) is 96.7 Å². The number of carbonyl (C=O) groups excluding carboxylic acids is 1. The number of nitrogens with zero attached hydrogens (tertiary/aromatic N) is 2. The van der Waals surface area contributed by atoms with E-state index in [1.807, 2.05) is 18.2 Å². The Morgan fingerprint density at radius 2 is 1.69 bits per heavy atom. The van der Waals surface area contributed by atoms with Gasteiger partial charge in [-0.1, -0.05) is 26.0 Å². The van der Waals surface area contributed by atoms with Crippen LogP contribution in [0.15, 0.2) is 53.4 Å². The number of nitriles is 1. The molecule has 1 aliphatic heterocycles. The summed E-state index contributed by atoms with van der Waals surface area (Å²) < 4.78 is 38.1. The van der Waals surface area contributed by atoms with E-state index in [1.165, 1.54) is 4.31 Å². The lowest BCUT2D eigenvalue weighted by Gasteiger charge is -2.30. The third-order valence-electron chi connectivity index (χ3n) is 5.55. The Morgan fingerprint density at radius 3 is 2.25 bits per heavy atom. The Labute approximate surface area is 189 Å². The molecule has 1 saturated heterocycles. The van der Waals surface area contributed by atoms with Crippen LogP contribution in [-0.4, -0.2) is 45.0 Å². The summed E-state index contributed by atoms with van der Waals surface area (Å²) in [5.41, 5.74) is 1.64. The molecule has 0 aliphatic carbocycles. The Kier molecular flexibility index (Phi) is 7.89. The van der Waals surface area contributed by atoms with Crippen LogP contribution in [0, 0.1) is 17.2 Å². The minimum absolute atomic E-state index is 0.111. The summed E-state index contributed by atoms with van der Waals surface area (Å²) in [6.07, 6.45) is 0.858. The minimum atomic E-state index is -3.57. The summed E-state index contributed by atoms with van der Waals surface area (Å²) in [6, 6.07) is 15.7. The predicted octanol–water partition coefficient (Wildman–Crippen LogP) is 3.70. The molecule has 1 heterocycles. The minimum Gasteiger partial charge on any atom is -0.490 e. The first-order chi connectivity index (χ1) is 15.3. The zero-order valence-electron chi connectivity index (χ0n) is 18.4. The van der Waals surface area contributed by atoms with Gasteiger partial charge in [-0.15, -0.1) is 0 Å². The first kappa shape index (κ1) is 23.8. The molecule has 0 radical (unpaired) electrons. The predicted molar refractivity (Wildman–Crippen MR) is 120 cm³/mol. The van der Waals surface area contributed by atoms with Crippen LogP contribution < -0.4 is 4.74 Å². The SMILES string of the molecule is CC(C)c1ccc(S(=O)(=O)N2CCC(C(=O)OCCOc3ccc(C#N)cc3)CC2)cc1. The fourth-order valence-corrected chi connectivity index (χ4v) is 5.02. The summed E-state index contributed by atoms with van der Waals surface area (Å²) in [6.45, 7) is 5.02. The molecule has 3 rings (SSSR count). The van der Waals surface area contributed by atoms with Gasteiger partial charge >= 0.3 is 5.97 Å². The first-order valence-corrected chi connectivity index (χ1v) is 12.1. The standard InChI is InChI=1S/C24H28N2O5S/c1-18(2)20-5-9-23(10-6-20)32(28,29)26-13-11-21(12-14-26)24(27)31-16-15-30-22-7-3-19(17-25)4-8-22/h3-10,18,21H,11-16H2,1-2H3. The molecule has 0 saturated carbocycles. The summed E-state index contributed by atoms with van der Waals surface area (Å²) in [7, 11) is -3.57. The molecule has 1 aliphatic rings. The number of hydrogen-bond donors (Lipinski definition) is 0. The van der Waals surface area contributed by atoms with Crippen molar-refractivity contribution in [1.29, 1.82) is 5.26 Å². The van der Waals surface area contributed by atoms with Gasteiger partial charge in [0, 0.05) is 13.1 Å². The van der Waals surface area contributed by atoms with E-state index in [4.69, 9.17) is 14.7 Å². The summed E-state index contributed by atoms with van der Waals surface area (Å²) in [4.78, 5) is 12.6. The van der Waals surface area contributed by atoms with E-state index in [1.54, 1.807) is 36.4 Å². The molecule has 0 N–H and O–H groups in total. The Hall–Kier alpha value is -2.89. The monoisotopic (exact) mass is 456 g/mol. The average Bonchev–Trinajstić information content (AvgIpc) is 2.82. The van der Waals surface area contributed by atoms with Crippen LogP contribution in [-0.2, 0) is 19.6 Å². The van der Waals surface area contributed by atoms with Gasteiger partial charge in [0.2, 0.25) is 10.0 Å². The summed E-state index contributed by atoms with van der Waals surface area (Å²) in [5, 5.41) is 8.79. The number of sulfonamides is 1. The van der Waals surface area contributed by atoms with Crippen LogP contribution in [0.2, 0.25) is 0 Å². The van der Waals surface area contributed by atoms with Crippen LogP contribution in [0.25, 0.3) is 0 Å².